The maximum Gasteiger partial charge on any atom is 0.115 e. The lowest BCUT2D eigenvalue weighted by atomic mass is 9.86. The predicted octanol–water partition coefficient (Wildman–Crippen LogP) is 7.63. The molecule has 0 unspecified atom stereocenters. The number of phenols is 2. The summed E-state index contributed by atoms with van der Waals surface area (Å²) >= 11 is 7.05. The molecule has 0 fully saturated rings. The number of aromatic hydroxyl groups is 2. The number of benzene rings is 4. The van der Waals surface area contributed by atoms with E-state index in [1.54, 1.807) is 24.3 Å². The molecule has 0 aliphatic heterocycles. The van der Waals surface area contributed by atoms with Crippen LogP contribution in [0.15, 0.2) is 106 Å². The van der Waals surface area contributed by atoms with Gasteiger partial charge in [0.1, 0.15) is 11.5 Å². The van der Waals surface area contributed by atoms with Crippen LogP contribution in [0.25, 0.3) is 11.1 Å². The molecule has 0 saturated carbocycles. The first-order valence-electron chi connectivity index (χ1n) is 9.36. The highest BCUT2D eigenvalue weighted by Gasteiger charge is 2.16. The largest absolute Gasteiger partial charge is 0.508 e. The molecule has 0 bridgehead atoms. The molecule has 0 spiro atoms. The summed E-state index contributed by atoms with van der Waals surface area (Å²) in [4.78, 5) is 0. The molecule has 0 aliphatic rings. The molecule has 4 aromatic rings. The Labute approximate surface area is 192 Å². The molecular formula is C26H18Br2O2. The maximum atomic E-state index is 9.82. The van der Waals surface area contributed by atoms with E-state index >= 15 is 0 Å². The van der Waals surface area contributed by atoms with Crippen LogP contribution >= 0.6 is 31.9 Å². The third-order valence-corrected chi connectivity index (χ3v) is 5.89. The number of halogens is 2. The van der Waals surface area contributed by atoms with Gasteiger partial charge in [-0.25, -0.2) is 0 Å². The van der Waals surface area contributed by atoms with Crippen LogP contribution in [0.1, 0.15) is 22.3 Å². The van der Waals surface area contributed by atoms with E-state index in [-0.39, 0.29) is 11.5 Å². The molecule has 0 aliphatic carbocycles. The number of hydrogen-bond acceptors (Lipinski definition) is 2. The topological polar surface area (TPSA) is 40.5 Å². The lowest BCUT2D eigenvalue weighted by Crippen LogP contribution is -1.97. The van der Waals surface area contributed by atoms with Crippen LogP contribution in [0, 0.1) is 0 Å². The van der Waals surface area contributed by atoms with Crippen molar-refractivity contribution < 1.29 is 10.2 Å². The van der Waals surface area contributed by atoms with Crippen LogP contribution in [0.3, 0.4) is 0 Å². The van der Waals surface area contributed by atoms with Crippen molar-refractivity contribution in [3.05, 3.63) is 128 Å². The summed E-state index contributed by atoms with van der Waals surface area (Å²) < 4.78 is 2.02. The van der Waals surface area contributed by atoms with Crippen LogP contribution in [-0.4, -0.2) is 10.2 Å². The predicted molar refractivity (Wildman–Crippen MR) is 130 cm³/mol. The lowest BCUT2D eigenvalue weighted by molar-refractivity contribution is 0.475. The summed E-state index contributed by atoms with van der Waals surface area (Å²) in [5.74, 6) is 0.440. The molecule has 0 amide bonds. The quantitative estimate of drug-likeness (QED) is 0.271. The van der Waals surface area contributed by atoms with E-state index in [1.165, 1.54) is 0 Å². The summed E-state index contributed by atoms with van der Waals surface area (Å²) in [6.45, 7) is 0. The van der Waals surface area contributed by atoms with Crippen molar-refractivity contribution >= 4 is 43.0 Å². The highest BCUT2D eigenvalue weighted by atomic mass is 79.9. The normalized spacial score (nSPS) is 10.6. The number of phenolic OH excluding ortho intramolecular Hbond substituents is 2. The van der Waals surface area contributed by atoms with Crippen LogP contribution < -0.4 is 0 Å². The Kier molecular flexibility index (Phi) is 6.07. The Bertz CT molecular complexity index is 984. The molecule has 0 atom stereocenters. The van der Waals surface area contributed by atoms with E-state index in [4.69, 9.17) is 0 Å². The van der Waals surface area contributed by atoms with Crippen molar-refractivity contribution in [2.24, 2.45) is 0 Å². The van der Waals surface area contributed by atoms with E-state index < -0.39 is 0 Å². The minimum atomic E-state index is 0.220. The van der Waals surface area contributed by atoms with Crippen LogP contribution in [0.2, 0.25) is 0 Å². The summed E-state index contributed by atoms with van der Waals surface area (Å²) in [6.07, 6.45) is 0. The molecule has 0 aromatic heterocycles. The monoisotopic (exact) mass is 520 g/mol. The van der Waals surface area contributed by atoms with Crippen molar-refractivity contribution in [1.29, 1.82) is 0 Å². The van der Waals surface area contributed by atoms with E-state index in [0.29, 0.717) is 0 Å². The SMILES string of the molecule is Oc1ccc(C(=C(c2ccc(Br)cc2)c2ccc(Br)cc2)c2ccc(O)cc2)cc1. The van der Waals surface area contributed by atoms with E-state index in [0.717, 1.165) is 42.3 Å². The summed E-state index contributed by atoms with van der Waals surface area (Å²) in [5, 5.41) is 19.6. The summed E-state index contributed by atoms with van der Waals surface area (Å²) in [6, 6.07) is 30.9. The highest BCUT2D eigenvalue weighted by molar-refractivity contribution is 9.10. The minimum absolute atomic E-state index is 0.220. The van der Waals surface area contributed by atoms with Gasteiger partial charge in [0.05, 0.1) is 0 Å². The van der Waals surface area contributed by atoms with Gasteiger partial charge < -0.3 is 10.2 Å². The Morgan fingerprint density at radius 3 is 0.900 bits per heavy atom. The number of rotatable bonds is 4. The first kappa shape index (κ1) is 20.5. The summed E-state index contributed by atoms with van der Waals surface area (Å²) in [7, 11) is 0. The molecule has 30 heavy (non-hydrogen) atoms. The average Bonchev–Trinajstić information content (AvgIpc) is 2.75. The van der Waals surface area contributed by atoms with Gasteiger partial charge in [0.2, 0.25) is 0 Å². The van der Waals surface area contributed by atoms with Crippen LogP contribution in [0.4, 0.5) is 0 Å². The van der Waals surface area contributed by atoms with Gasteiger partial charge in [-0.05, 0) is 81.9 Å². The van der Waals surface area contributed by atoms with Gasteiger partial charge in [-0.15, -0.1) is 0 Å². The van der Waals surface area contributed by atoms with E-state index in [2.05, 4.69) is 56.1 Å². The minimum Gasteiger partial charge on any atom is -0.508 e. The van der Waals surface area contributed by atoms with Gasteiger partial charge in [-0.1, -0.05) is 80.4 Å². The Balaban J connectivity index is 2.08. The van der Waals surface area contributed by atoms with Gasteiger partial charge in [0.15, 0.2) is 0 Å². The maximum absolute atomic E-state index is 9.82. The standard InChI is InChI=1S/C26H18Br2O2/c27-21-9-1-17(2-10-21)25(18-3-11-22(28)12-4-18)26(19-5-13-23(29)14-6-19)20-7-15-24(30)16-8-20/h1-16,29-30H. The second-order valence-corrected chi connectivity index (χ2v) is 8.69. The smallest absolute Gasteiger partial charge is 0.115 e. The van der Waals surface area contributed by atoms with Crippen molar-refractivity contribution in [1.82, 2.24) is 0 Å². The lowest BCUT2D eigenvalue weighted by Gasteiger charge is -2.18. The first-order valence-corrected chi connectivity index (χ1v) is 10.9. The van der Waals surface area contributed by atoms with E-state index in [9.17, 15) is 10.2 Å². The molecule has 0 heterocycles. The molecule has 4 heteroatoms. The fourth-order valence-electron chi connectivity index (χ4n) is 3.40. The first-order chi connectivity index (χ1) is 14.5. The molecule has 2 N–H and O–H groups in total. The molecule has 0 saturated heterocycles. The van der Waals surface area contributed by atoms with Gasteiger partial charge >= 0.3 is 0 Å². The zero-order valence-corrected chi connectivity index (χ0v) is 19.1. The van der Waals surface area contributed by atoms with E-state index in [1.807, 2.05) is 48.5 Å². The van der Waals surface area contributed by atoms with Gasteiger partial charge in [0, 0.05) is 8.95 Å². The van der Waals surface area contributed by atoms with Gasteiger partial charge in [-0.2, -0.15) is 0 Å². The molecule has 0 radical (unpaired) electrons. The fraction of sp³-hybridized carbons (Fsp3) is 0. The zero-order chi connectivity index (χ0) is 21.1. The van der Waals surface area contributed by atoms with Crippen molar-refractivity contribution in [3.8, 4) is 11.5 Å². The van der Waals surface area contributed by atoms with Crippen molar-refractivity contribution in [2.45, 2.75) is 0 Å². The molecule has 2 nitrogen and oxygen atoms in total. The summed E-state index contributed by atoms with van der Waals surface area (Å²) in [5.41, 5.74) is 6.15. The Hall–Kier alpha value is -2.82. The number of hydrogen-bond donors (Lipinski definition) is 2. The second-order valence-electron chi connectivity index (χ2n) is 6.86. The zero-order valence-electron chi connectivity index (χ0n) is 15.9. The average molecular weight is 522 g/mol. The van der Waals surface area contributed by atoms with Gasteiger partial charge in [0.25, 0.3) is 0 Å². The van der Waals surface area contributed by atoms with Crippen LogP contribution in [0.5, 0.6) is 11.5 Å². The molecule has 148 valence electrons. The third kappa shape index (κ3) is 4.50. The molecular weight excluding hydrogens is 504 g/mol. The highest BCUT2D eigenvalue weighted by Crippen LogP contribution is 2.38. The van der Waals surface area contributed by atoms with Crippen LogP contribution in [-0.2, 0) is 0 Å². The van der Waals surface area contributed by atoms with Crippen molar-refractivity contribution in [3.63, 3.8) is 0 Å². The fourth-order valence-corrected chi connectivity index (χ4v) is 3.93. The second kappa shape index (κ2) is 8.90. The molecule has 4 rings (SSSR count). The van der Waals surface area contributed by atoms with Crippen molar-refractivity contribution in [2.75, 3.05) is 0 Å². The Morgan fingerprint density at radius 2 is 0.633 bits per heavy atom. The van der Waals surface area contributed by atoms with Gasteiger partial charge in [-0.3, -0.25) is 0 Å². The Morgan fingerprint density at radius 1 is 0.400 bits per heavy atom. The third-order valence-electron chi connectivity index (χ3n) is 4.83. The molecule has 4 aromatic carbocycles.